The van der Waals surface area contributed by atoms with E-state index >= 15 is 0 Å². The summed E-state index contributed by atoms with van der Waals surface area (Å²) in [6, 6.07) is 0.904. The maximum absolute atomic E-state index is 2.67. The second-order valence-corrected chi connectivity index (χ2v) is 4.67. The quantitative estimate of drug-likeness (QED) is 0.559. The van der Waals surface area contributed by atoms with Gasteiger partial charge in [-0.25, -0.2) is 0 Å². The lowest BCUT2D eigenvalue weighted by Gasteiger charge is -2.36. The molecule has 0 radical (unpaired) electrons. The molecule has 13 heavy (non-hydrogen) atoms. The third-order valence-corrected chi connectivity index (χ3v) is 3.59. The minimum absolute atomic E-state index is 0.904. The van der Waals surface area contributed by atoms with Gasteiger partial charge in [0.2, 0.25) is 0 Å². The van der Waals surface area contributed by atoms with Gasteiger partial charge in [0.05, 0.1) is 0 Å². The van der Waals surface area contributed by atoms with Crippen molar-refractivity contribution in [2.24, 2.45) is 5.92 Å². The highest BCUT2D eigenvalue weighted by atomic mass is 15.2. The lowest BCUT2D eigenvalue weighted by molar-refractivity contribution is 0.151. The first kappa shape index (κ1) is 9.26. The molecule has 0 spiro atoms. The largest absolute Gasteiger partial charge is 0.296 e. The topological polar surface area (TPSA) is 3.24 Å². The van der Waals surface area contributed by atoms with E-state index in [1.54, 1.807) is 0 Å². The van der Waals surface area contributed by atoms with Crippen LogP contribution in [0.2, 0.25) is 0 Å². The molecule has 1 heteroatoms. The smallest absolute Gasteiger partial charge is 0.0166 e. The predicted molar refractivity (Wildman–Crippen MR) is 56.8 cm³/mol. The second-order valence-electron chi connectivity index (χ2n) is 4.67. The van der Waals surface area contributed by atoms with Gasteiger partial charge in [0.25, 0.3) is 0 Å². The highest BCUT2D eigenvalue weighted by molar-refractivity contribution is 4.93. The van der Waals surface area contributed by atoms with E-state index in [1.807, 2.05) is 0 Å². The van der Waals surface area contributed by atoms with E-state index in [0.717, 1.165) is 12.0 Å². The van der Waals surface area contributed by atoms with E-state index in [9.17, 15) is 0 Å². The van der Waals surface area contributed by atoms with Crippen LogP contribution in [-0.4, -0.2) is 24.0 Å². The zero-order valence-corrected chi connectivity index (χ0v) is 8.71. The van der Waals surface area contributed by atoms with Crippen molar-refractivity contribution in [3.05, 3.63) is 12.2 Å². The van der Waals surface area contributed by atoms with Crippen LogP contribution in [0.25, 0.3) is 0 Å². The molecular weight excluding hydrogens is 158 g/mol. The Morgan fingerprint density at radius 1 is 1.08 bits per heavy atom. The van der Waals surface area contributed by atoms with Gasteiger partial charge in [-0.05, 0) is 38.0 Å². The van der Waals surface area contributed by atoms with E-state index in [0.29, 0.717) is 0 Å². The molecule has 0 amide bonds. The maximum Gasteiger partial charge on any atom is 0.0166 e. The molecule has 1 aliphatic carbocycles. The zero-order valence-electron chi connectivity index (χ0n) is 8.71. The summed E-state index contributed by atoms with van der Waals surface area (Å²) >= 11 is 0. The fourth-order valence-corrected chi connectivity index (χ4v) is 2.60. The van der Waals surface area contributed by atoms with Gasteiger partial charge in [-0.2, -0.15) is 0 Å². The van der Waals surface area contributed by atoms with Crippen LogP contribution in [0.5, 0.6) is 0 Å². The van der Waals surface area contributed by atoms with Crippen LogP contribution in [-0.2, 0) is 0 Å². The Hall–Kier alpha value is -0.300. The molecule has 0 bridgehead atoms. The van der Waals surface area contributed by atoms with Crippen molar-refractivity contribution in [3.63, 3.8) is 0 Å². The summed E-state index contributed by atoms with van der Waals surface area (Å²) in [6.07, 6.45) is 11.7. The minimum atomic E-state index is 0.904. The van der Waals surface area contributed by atoms with Gasteiger partial charge >= 0.3 is 0 Å². The average molecular weight is 179 g/mol. The van der Waals surface area contributed by atoms with E-state index in [4.69, 9.17) is 0 Å². The molecule has 1 aliphatic heterocycles. The lowest BCUT2D eigenvalue weighted by Crippen LogP contribution is -2.39. The first-order valence-corrected chi connectivity index (χ1v) is 5.75. The van der Waals surface area contributed by atoms with Gasteiger partial charge in [0.1, 0.15) is 0 Å². The van der Waals surface area contributed by atoms with E-state index in [-0.39, 0.29) is 0 Å². The van der Waals surface area contributed by atoms with Gasteiger partial charge < -0.3 is 0 Å². The molecule has 2 aliphatic rings. The van der Waals surface area contributed by atoms with Gasteiger partial charge in [0.15, 0.2) is 0 Å². The molecule has 1 fully saturated rings. The SMILES string of the molecule is CC1CCC(N2CC=CCC2)CC1. The van der Waals surface area contributed by atoms with E-state index in [2.05, 4.69) is 24.0 Å². The maximum atomic E-state index is 2.67. The predicted octanol–water partition coefficient (Wildman–Crippen LogP) is 2.83. The Morgan fingerprint density at radius 2 is 1.85 bits per heavy atom. The summed E-state index contributed by atoms with van der Waals surface area (Å²) in [4.78, 5) is 2.67. The van der Waals surface area contributed by atoms with Crippen molar-refractivity contribution in [1.82, 2.24) is 4.90 Å². The van der Waals surface area contributed by atoms with Crippen molar-refractivity contribution >= 4 is 0 Å². The summed E-state index contributed by atoms with van der Waals surface area (Å²) in [5, 5.41) is 0. The van der Waals surface area contributed by atoms with Crippen LogP contribution in [0.15, 0.2) is 12.2 Å². The molecule has 0 unspecified atom stereocenters. The van der Waals surface area contributed by atoms with Crippen LogP contribution < -0.4 is 0 Å². The minimum Gasteiger partial charge on any atom is -0.296 e. The Bertz CT molecular complexity index is 178. The molecule has 1 heterocycles. The molecule has 0 aromatic heterocycles. The van der Waals surface area contributed by atoms with Crippen LogP contribution >= 0.6 is 0 Å². The molecule has 74 valence electrons. The molecule has 2 rings (SSSR count). The normalized spacial score (nSPS) is 36.4. The molecule has 1 nitrogen and oxygen atoms in total. The van der Waals surface area contributed by atoms with Crippen molar-refractivity contribution in [2.45, 2.75) is 45.1 Å². The number of rotatable bonds is 1. The Kier molecular flexibility index (Phi) is 3.05. The summed E-state index contributed by atoms with van der Waals surface area (Å²) in [5.41, 5.74) is 0. The molecular formula is C12H21N. The summed E-state index contributed by atoms with van der Waals surface area (Å²) in [6.45, 7) is 4.90. The highest BCUT2D eigenvalue weighted by Crippen LogP contribution is 2.27. The molecule has 0 aromatic rings. The van der Waals surface area contributed by atoms with Crippen LogP contribution in [0, 0.1) is 5.92 Å². The molecule has 0 N–H and O–H groups in total. The van der Waals surface area contributed by atoms with Crippen LogP contribution in [0.1, 0.15) is 39.0 Å². The standard InChI is InChI=1S/C12H21N/c1-11-5-7-12(8-6-11)13-9-3-2-4-10-13/h2-3,11-12H,4-10H2,1H3. The van der Waals surface area contributed by atoms with Gasteiger partial charge in [-0.3, -0.25) is 4.90 Å². The first-order chi connectivity index (χ1) is 6.36. The van der Waals surface area contributed by atoms with E-state index < -0.39 is 0 Å². The van der Waals surface area contributed by atoms with Crippen LogP contribution in [0.3, 0.4) is 0 Å². The fraction of sp³-hybridized carbons (Fsp3) is 0.833. The van der Waals surface area contributed by atoms with Gasteiger partial charge in [-0.1, -0.05) is 19.1 Å². The van der Waals surface area contributed by atoms with Crippen molar-refractivity contribution in [3.8, 4) is 0 Å². The van der Waals surface area contributed by atoms with Crippen molar-refractivity contribution in [2.75, 3.05) is 13.1 Å². The Morgan fingerprint density at radius 3 is 2.46 bits per heavy atom. The monoisotopic (exact) mass is 179 g/mol. The van der Waals surface area contributed by atoms with Crippen molar-refractivity contribution < 1.29 is 0 Å². The number of nitrogens with zero attached hydrogens (tertiary/aromatic N) is 1. The summed E-state index contributed by atoms with van der Waals surface area (Å²) in [5.74, 6) is 0.983. The van der Waals surface area contributed by atoms with Gasteiger partial charge in [-0.15, -0.1) is 0 Å². The van der Waals surface area contributed by atoms with Crippen LogP contribution in [0.4, 0.5) is 0 Å². The molecule has 0 aromatic carbocycles. The lowest BCUT2D eigenvalue weighted by atomic mass is 9.86. The molecule has 0 saturated heterocycles. The third kappa shape index (κ3) is 2.34. The highest BCUT2D eigenvalue weighted by Gasteiger charge is 2.23. The number of hydrogen-bond acceptors (Lipinski definition) is 1. The second kappa shape index (κ2) is 4.28. The Labute approximate surface area is 81.8 Å². The first-order valence-electron chi connectivity index (χ1n) is 5.75. The summed E-state index contributed by atoms with van der Waals surface area (Å²) in [7, 11) is 0. The number of hydrogen-bond donors (Lipinski definition) is 0. The van der Waals surface area contributed by atoms with Gasteiger partial charge in [0, 0.05) is 19.1 Å². The van der Waals surface area contributed by atoms with E-state index in [1.165, 1.54) is 45.2 Å². The molecule has 1 saturated carbocycles. The fourth-order valence-electron chi connectivity index (χ4n) is 2.60. The average Bonchev–Trinajstić information content (AvgIpc) is 2.20. The van der Waals surface area contributed by atoms with Crippen molar-refractivity contribution in [1.29, 1.82) is 0 Å². The summed E-state index contributed by atoms with van der Waals surface area (Å²) < 4.78 is 0. The zero-order chi connectivity index (χ0) is 9.10. The third-order valence-electron chi connectivity index (χ3n) is 3.59. The Balaban J connectivity index is 1.83. The molecule has 0 atom stereocenters.